The van der Waals surface area contributed by atoms with E-state index in [2.05, 4.69) is 25.7 Å². The van der Waals surface area contributed by atoms with E-state index < -0.39 is 17.9 Å². The molecule has 40 heavy (non-hydrogen) atoms. The van der Waals surface area contributed by atoms with Crippen molar-refractivity contribution in [3.63, 3.8) is 0 Å². The maximum atomic E-state index is 13.4. The number of nitrogens with one attached hydrogen (secondary N) is 2. The molecule has 0 fully saturated rings. The molecule has 5 rings (SSSR count). The van der Waals surface area contributed by atoms with Gasteiger partial charge in [-0.3, -0.25) is 14.7 Å². The molecule has 0 atom stereocenters. The van der Waals surface area contributed by atoms with E-state index in [0.29, 0.717) is 38.7 Å². The molecular weight excluding hydrogens is 543 g/mol. The lowest BCUT2D eigenvalue weighted by atomic mass is 10.00. The Hall–Kier alpha value is -4.65. The van der Waals surface area contributed by atoms with Crippen molar-refractivity contribution < 1.29 is 18.0 Å². The summed E-state index contributed by atoms with van der Waals surface area (Å²) in [4.78, 5) is 34.9. The van der Waals surface area contributed by atoms with Gasteiger partial charge in [0.15, 0.2) is 10.9 Å². The third kappa shape index (κ3) is 5.27. The molecule has 0 bridgehead atoms. The van der Waals surface area contributed by atoms with Crippen molar-refractivity contribution in [2.24, 2.45) is 7.05 Å². The van der Waals surface area contributed by atoms with E-state index in [-0.39, 0.29) is 11.4 Å². The van der Waals surface area contributed by atoms with Crippen LogP contribution in [-0.4, -0.2) is 36.6 Å². The summed E-state index contributed by atoms with van der Waals surface area (Å²) in [5.41, 5.74) is 1.47. The standard InChI is InChI=1S/C27H22F3N7O2S/c1-15-9-10-17(12-19(15)20-11-16-14-31-26(40-3)34-23(16)36(2)24(20)38)32-25(39)33-22-13-21(27(28,29)30)35-37(22)18-7-5-4-6-8-18/h4-14H,1-3H3,(H2,32,33,39). The molecule has 0 radical (unpaired) electrons. The number of fused-ring (bicyclic) bond motifs is 1. The van der Waals surface area contributed by atoms with Crippen LogP contribution in [0.2, 0.25) is 0 Å². The molecule has 0 aliphatic heterocycles. The summed E-state index contributed by atoms with van der Waals surface area (Å²) >= 11 is 1.37. The van der Waals surface area contributed by atoms with Gasteiger partial charge in [-0.05, 0) is 54.6 Å². The number of aromatic nitrogens is 5. The van der Waals surface area contributed by atoms with Crippen LogP contribution in [0.3, 0.4) is 0 Å². The number of nitrogens with zero attached hydrogens (tertiary/aromatic N) is 5. The van der Waals surface area contributed by atoms with Crippen molar-refractivity contribution in [2.75, 3.05) is 16.9 Å². The van der Waals surface area contributed by atoms with E-state index >= 15 is 0 Å². The second-order valence-corrected chi connectivity index (χ2v) is 9.60. The Morgan fingerprint density at radius 2 is 1.75 bits per heavy atom. The number of amides is 2. The van der Waals surface area contributed by atoms with E-state index in [9.17, 15) is 22.8 Å². The minimum Gasteiger partial charge on any atom is -0.308 e. The molecule has 5 aromatic rings. The highest BCUT2D eigenvalue weighted by Gasteiger charge is 2.35. The monoisotopic (exact) mass is 565 g/mol. The smallest absolute Gasteiger partial charge is 0.308 e. The molecule has 0 saturated heterocycles. The van der Waals surface area contributed by atoms with Gasteiger partial charge < -0.3 is 5.32 Å². The van der Waals surface area contributed by atoms with Crippen LogP contribution in [0.5, 0.6) is 0 Å². The molecule has 0 saturated carbocycles. The molecular formula is C27H22F3N7O2S. The van der Waals surface area contributed by atoms with Gasteiger partial charge in [-0.2, -0.15) is 18.3 Å². The Kier molecular flexibility index (Phi) is 7.06. The SMILES string of the molecule is CSc1ncc2cc(-c3cc(NC(=O)Nc4cc(C(F)(F)F)nn4-c4ccccc4)ccc3C)c(=O)n(C)c2n1. The predicted molar refractivity (Wildman–Crippen MR) is 148 cm³/mol. The highest BCUT2D eigenvalue weighted by atomic mass is 32.2. The summed E-state index contributed by atoms with van der Waals surface area (Å²) in [5, 5.41) is 9.92. The Balaban J connectivity index is 1.46. The topological polar surface area (TPSA) is 107 Å². The first-order chi connectivity index (χ1) is 19.0. The van der Waals surface area contributed by atoms with Crippen molar-refractivity contribution in [1.29, 1.82) is 0 Å². The molecule has 9 nitrogen and oxygen atoms in total. The molecule has 2 amide bonds. The molecule has 0 unspecified atom stereocenters. The van der Waals surface area contributed by atoms with E-state index in [4.69, 9.17) is 0 Å². The lowest BCUT2D eigenvalue weighted by Gasteiger charge is -2.13. The summed E-state index contributed by atoms with van der Waals surface area (Å²) in [6, 6.07) is 14.8. The molecule has 3 aromatic heterocycles. The van der Waals surface area contributed by atoms with E-state index in [1.807, 2.05) is 13.2 Å². The largest absolute Gasteiger partial charge is 0.435 e. The van der Waals surface area contributed by atoms with Crippen LogP contribution in [0.25, 0.3) is 27.8 Å². The summed E-state index contributed by atoms with van der Waals surface area (Å²) in [6.45, 7) is 1.83. The number of thioether (sulfide) groups is 1. The Morgan fingerprint density at radius 3 is 2.45 bits per heavy atom. The summed E-state index contributed by atoms with van der Waals surface area (Å²) in [7, 11) is 1.63. The maximum absolute atomic E-state index is 13.4. The third-order valence-electron chi connectivity index (χ3n) is 6.14. The van der Waals surface area contributed by atoms with Crippen LogP contribution in [0.4, 0.5) is 29.5 Å². The van der Waals surface area contributed by atoms with Crippen molar-refractivity contribution >= 4 is 40.3 Å². The van der Waals surface area contributed by atoms with Gasteiger partial charge in [-0.15, -0.1) is 0 Å². The number of hydrogen-bond donors (Lipinski definition) is 2. The zero-order chi connectivity index (χ0) is 28.6. The first-order valence-corrected chi connectivity index (χ1v) is 13.1. The summed E-state index contributed by atoms with van der Waals surface area (Å²) in [6.07, 6.45) is -1.21. The van der Waals surface area contributed by atoms with Gasteiger partial charge in [-0.25, -0.2) is 19.4 Å². The molecule has 0 spiro atoms. The third-order valence-corrected chi connectivity index (χ3v) is 6.70. The summed E-state index contributed by atoms with van der Waals surface area (Å²) in [5.74, 6) is -0.170. The highest BCUT2D eigenvalue weighted by Crippen LogP contribution is 2.32. The Bertz CT molecular complexity index is 1800. The number of halogens is 3. The zero-order valence-corrected chi connectivity index (χ0v) is 22.3. The van der Waals surface area contributed by atoms with Crippen molar-refractivity contribution in [3.8, 4) is 16.8 Å². The van der Waals surface area contributed by atoms with Crippen LogP contribution in [0.1, 0.15) is 11.3 Å². The van der Waals surface area contributed by atoms with Gasteiger partial charge in [0.05, 0.1) is 5.69 Å². The molecule has 3 heterocycles. The normalized spacial score (nSPS) is 11.6. The quantitative estimate of drug-likeness (QED) is 0.204. The minimum atomic E-state index is -4.70. The Morgan fingerprint density at radius 1 is 1.00 bits per heavy atom. The number of anilines is 2. The number of rotatable bonds is 5. The molecule has 0 aliphatic rings. The lowest BCUT2D eigenvalue weighted by Crippen LogP contribution is -2.22. The number of alkyl halides is 3. The van der Waals surface area contributed by atoms with Crippen molar-refractivity contribution in [1.82, 2.24) is 24.3 Å². The number of benzene rings is 2. The predicted octanol–water partition coefficient (Wildman–Crippen LogP) is 5.87. The fourth-order valence-electron chi connectivity index (χ4n) is 4.17. The van der Waals surface area contributed by atoms with Gasteiger partial charge in [0.2, 0.25) is 0 Å². The van der Waals surface area contributed by atoms with Gasteiger partial charge in [0, 0.05) is 35.9 Å². The number of aryl methyl sites for hydroxylation is 2. The van der Waals surface area contributed by atoms with Crippen LogP contribution in [-0.2, 0) is 13.2 Å². The van der Waals surface area contributed by atoms with E-state index in [1.54, 1.807) is 67.8 Å². The van der Waals surface area contributed by atoms with Gasteiger partial charge in [-0.1, -0.05) is 36.0 Å². The number of urea groups is 1. The fourth-order valence-corrected chi connectivity index (χ4v) is 4.50. The average Bonchev–Trinajstić information content (AvgIpc) is 3.36. The number of carbonyl (C=O) groups is 1. The average molecular weight is 566 g/mol. The van der Waals surface area contributed by atoms with Gasteiger partial charge >= 0.3 is 12.2 Å². The number of pyridine rings is 1. The molecule has 2 aromatic carbocycles. The van der Waals surface area contributed by atoms with Crippen LogP contribution in [0, 0.1) is 6.92 Å². The second kappa shape index (κ2) is 10.5. The maximum Gasteiger partial charge on any atom is 0.435 e. The number of hydrogen-bond acceptors (Lipinski definition) is 6. The highest BCUT2D eigenvalue weighted by molar-refractivity contribution is 7.98. The van der Waals surface area contributed by atoms with E-state index in [0.717, 1.165) is 16.3 Å². The number of para-hydroxylation sites is 1. The van der Waals surface area contributed by atoms with Crippen LogP contribution < -0.4 is 16.2 Å². The molecule has 204 valence electrons. The van der Waals surface area contributed by atoms with Gasteiger partial charge in [0.1, 0.15) is 11.5 Å². The minimum absolute atomic E-state index is 0.170. The van der Waals surface area contributed by atoms with Crippen LogP contribution >= 0.6 is 11.8 Å². The lowest BCUT2D eigenvalue weighted by molar-refractivity contribution is -0.141. The van der Waals surface area contributed by atoms with Crippen LogP contribution in [0.15, 0.2) is 76.8 Å². The molecule has 2 N–H and O–H groups in total. The zero-order valence-electron chi connectivity index (χ0n) is 21.4. The second-order valence-electron chi connectivity index (χ2n) is 8.83. The first-order valence-electron chi connectivity index (χ1n) is 11.9. The molecule has 13 heteroatoms. The van der Waals surface area contributed by atoms with Crippen molar-refractivity contribution in [3.05, 3.63) is 88.5 Å². The Labute approximate surface area is 230 Å². The number of carbonyl (C=O) groups excluding carboxylic acids is 1. The van der Waals surface area contributed by atoms with Crippen molar-refractivity contribution in [2.45, 2.75) is 18.3 Å². The van der Waals surface area contributed by atoms with Gasteiger partial charge in [0.25, 0.3) is 5.56 Å². The van der Waals surface area contributed by atoms with E-state index in [1.165, 1.54) is 16.3 Å². The summed E-state index contributed by atoms with van der Waals surface area (Å²) < 4.78 is 42.6. The first kappa shape index (κ1) is 26.9. The fraction of sp³-hybridized carbons (Fsp3) is 0.148. The molecule has 0 aliphatic carbocycles.